The summed E-state index contributed by atoms with van der Waals surface area (Å²) in [6.07, 6.45) is -0.832. The molecule has 36 heavy (non-hydrogen) atoms. The van der Waals surface area contributed by atoms with Crippen LogP contribution in [0.4, 0.5) is 9.18 Å². The first-order valence-electron chi connectivity index (χ1n) is 11.1. The van der Waals surface area contributed by atoms with Gasteiger partial charge in [-0.2, -0.15) is 0 Å². The van der Waals surface area contributed by atoms with E-state index in [-0.39, 0.29) is 28.2 Å². The summed E-state index contributed by atoms with van der Waals surface area (Å²) in [5, 5.41) is 0.382. The number of ketones is 1. The fourth-order valence-electron chi connectivity index (χ4n) is 4.12. The molecule has 0 bridgehead atoms. The molecule has 2 aromatic carbocycles. The van der Waals surface area contributed by atoms with Gasteiger partial charge in [0.2, 0.25) is 0 Å². The summed E-state index contributed by atoms with van der Waals surface area (Å²) in [7, 11) is 4.43. The van der Waals surface area contributed by atoms with E-state index in [1.165, 1.54) is 33.3 Å². The van der Waals surface area contributed by atoms with E-state index in [9.17, 15) is 14.4 Å². The average molecular weight is 496 g/mol. The lowest BCUT2D eigenvalue weighted by Crippen LogP contribution is -2.28. The van der Waals surface area contributed by atoms with Crippen molar-refractivity contribution in [2.24, 2.45) is 7.05 Å². The molecule has 188 valence electrons. The van der Waals surface area contributed by atoms with Crippen LogP contribution in [0.25, 0.3) is 33.5 Å². The molecule has 4 rings (SSSR count). The smallest absolute Gasteiger partial charge is 0.419 e. The molecule has 0 aliphatic rings. The van der Waals surface area contributed by atoms with Gasteiger partial charge in [0.1, 0.15) is 16.9 Å². The summed E-state index contributed by atoms with van der Waals surface area (Å²) < 4.78 is 34.2. The normalized spacial score (nSPS) is 11.7. The van der Waals surface area contributed by atoms with E-state index >= 15 is 4.39 Å². The quantitative estimate of drug-likeness (QED) is 0.286. The Hall–Kier alpha value is -4.21. The number of rotatable bonds is 4. The second kappa shape index (κ2) is 8.78. The van der Waals surface area contributed by atoms with Gasteiger partial charge in [-0.3, -0.25) is 4.79 Å². The molecule has 0 saturated heterocycles. The molecular weight excluding hydrogens is 469 g/mol. The van der Waals surface area contributed by atoms with Gasteiger partial charge in [-0.05, 0) is 52.0 Å². The number of aryl methyl sites for hydroxylation is 1. The van der Waals surface area contributed by atoms with Gasteiger partial charge in [0.25, 0.3) is 0 Å². The number of carbonyl (C=O) groups excluding carboxylic acids is 3. The molecule has 0 radical (unpaired) electrons. The Kier molecular flexibility index (Phi) is 6.07. The second-order valence-corrected chi connectivity index (χ2v) is 9.30. The van der Waals surface area contributed by atoms with Gasteiger partial charge < -0.3 is 18.8 Å². The molecule has 0 spiro atoms. The SMILES string of the molecule is COC(=O)c1cc(OC)c2c(c1)nc(-c1cc3ccc(C(C)=O)c(F)c3n1C(=O)OC(C)(C)C)n2C. The Labute approximate surface area is 206 Å². The number of carbonyl (C=O) groups is 3. The lowest BCUT2D eigenvalue weighted by molar-refractivity contribution is 0.0544. The van der Waals surface area contributed by atoms with Crippen LogP contribution in [0.5, 0.6) is 5.75 Å². The van der Waals surface area contributed by atoms with Crippen molar-refractivity contribution in [2.75, 3.05) is 14.2 Å². The van der Waals surface area contributed by atoms with Crippen molar-refractivity contribution in [3.8, 4) is 17.3 Å². The Morgan fingerprint density at radius 3 is 2.31 bits per heavy atom. The van der Waals surface area contributed by atoms with Crippen molar-refractivity contribution in [1.29, 1.82) is 0 Å². The Morgan fingerprint density at radius 1 is 1.03 bits per heavy atom. The molecule has 2 heterocycles. The van der Waals surface area contributed by atoms with Gasteiger partial charge in [-0.15, -0.1) is 0 Å². The highest BCUT2D eigenvalue weighted by Crippen LogP contribution is 2.36. The zero-order chi connectivity index (χ0) is 26.5. The highest BCUT2D eigenvalue weighted by atomic mass is 19.1. The van der Waals surface area contributed by atoms with E-state index in [2.05, 4.69) is 4.98 Å². The minimum absolute atomic E-state index is 0.0961. The van der Waals surface area contributed by atoms with E-state index in [0.717, 1.165) is 4.57 Å². The number of benzene rings is 2. The van der Waals surface area contributed by atoms with E-state index in [1.807, 2.05) is 0 Å². The number of esters is 1. The van der Waals surface area contributed by atoms with Crippen molar-refractivity contribution < 1.29 is 33.0 Å². The number of methoxy groups -OCH3 is 2. The first-order valence-corrected chi connectivity index (χ1v) is 11.1. The van der Waals surface area contributed by atoms with E-state index in [4.69, 9.17) is 14.2 Å². The number of hydrogen-bond acceptors (Lipinski definition) is 7. The maximum Gasteiger partial charge on any atom is 0.419 e. The standard InChI is InChI=1S/C26H26FN3O6/c1-13(31)16-9-8-14-11-18(30(21(14)20(16)27)25(33)36-26(2,3)4)23-28-17-10-15(24(32)35-7)12-19(34-6)22(17)29(23)5/h8-12H,1-7H3. The van der Waals surface area contributed by atoms with Crippen molar-refractivity contribution >= 4 is 39.8 Å². The van der Waals surface area contributed by atoms with Crippen LogP contribution in [0.1, 0.15) is 48.4 Å². The Morgan fingerprint density at radius 2 is 1.72 bits per heavy atom. The van der Waals surface area contributed by atoms with Gasteiger partial charge in [0.05, 0.1) is 42.1 Å². The molecule has 0 atom stereocenters. The van der Waals surface area contributed by atoms with Crippen LogP contribution in [-0.4, -0.2) is 51.8 Å². The maximum atomic E-state index is 15.6. The molecule has 0 aliphatic heterocycles. The molecule has 2 aromatic heterocycles. The van der Waals surface area contributed by atoms with E-state index in [0.29, 0.717) is 22.2 Å². The average Bonchev–Trinajstić information content (AvgIpc) is 3.35. The van der Waals surface area contributed by atoms with Crippen LogP contribution in [0.3, 0.4) is 0 Å². The summed E-state index contributed by atoms with van der Waals surface area (Å²) in [4.78, 5) is 42.2. The largest absolute Gasteiger partial charge is 0.494 e. The number of Topliss-reactive ketones (excluding diaryl/α,β-unsaturated/α-hetero) is 1. The van der Waals surface area contributed by atoms with Gasteiger partial charge in [0, 0.05) is 12.4 Å². The number of halogens is 1. The molecule has 9 nitrogen and oxygen atoms in total. The molecule has 0 unspecified atom stereocenters. The van der Waals surface area contributed by atoms with Gasteiger partial charge >= 0.3 is 12.1 Å². The van der Waals surface area contributed by atoms with Crippen LogP contribution >= 0.6 is 0 Å². The van der Waals surface area contributed by atoms with Crippen LogP contribution in [0, 0.1) is 5.82 Å². The molecule has 0 N–H and O–H groups in total. The third kappa shape index (κ3) is 4.08. The number of ether oxygens (including phenoxy) is 3. The third-order valence-electron chi connectivity index (χ3n) is 5.66. The Bertz CT molecular complexity index is 1560. The Balaban J connectivity index is 2.07. The molecule has 4 aromatic rings. The zero-order valence-electron chi connectivity index (χ0n) is 21.1. The number of nitrogens with zero attached hydrogens (tertiary/aromatic N) is 3. The summed E-state index contributed by atoms with van der Waals surface area (Å²) >= 11 is 0. The number of aromatic nitrogens is 3. The van der Waals surface area contributed by atoms with E-state index < -0.39 is 29.3 Å². The number of hydrogen-bond donors (Lipinski definition) is 0. The van der Waals surface area contributed by atoms with Crippen molar-refractivity contribution in [3.63, 3.8) is 0 Å². The van der Waals surface area contributed by atoms with Crippen molar-refractivity contribution in [3.05, 3.63) is 47.3 Å². The molecule has 10 heteroatoms. The highest BCUT2D eigenvalue weighted by molar-refractivity contribution is 6.03. The van der Waals surface area contributed by atoms with E-state index in [1.54, 1.807) is 50.6 Å². The second-order valence-electron chi connectivity index (χ2n) is 9.30. The summed E-state index contributed by atoms with van der Waals surface area (Å²) in [6.45, 7) is 6.34. The van der Waals surface area contributed by atoms with Crippen molar-refractivity contribution in [1.82, 2.24) is 14.1 Å². The molecule has 0 fully saturated rings. The molecule has 0 saturated carbocycles. The zero-order valence-corrected chi connectivity index (χ0v) is 21.1. The predicted octanol–water partition coefficient (Wildman–Crippen LogP) is 5.12. The third-order valence-corrected chi connectivity index (χ3v) is 5.66. The number of fused-ring (bicyclic) bond motifs is 2. The minimum atomic E-state index is -0.870. The fraction of sp³-hybridized carbons (Fsp3) is 0.308. The highest BCUT2D eigenvalue weighted by Gasteiger charge is 2.29. The van der Waals surface area contributed by atoms with Crippen molar-refractivity contribution in [2.45, 2.75) is 33.3 Å². The van der Waals surface area contributed by atoms with Crippen LogP contribution < -0.4 is 4.74 Å². The van der Waals surface area contributed by atoms with Gasteiger partial charge in [-0.1, -0.05) is 6.07 Å². The predicted molar refractivity (Wildman–Crippen MR) is 131 cm³/mol. The summed E-state index contributed by atoms with van der Waals surface area (Å²) in [5.41, 5.74) is 0.303. The fourth-order valence-corrected chi connectivity index (χ4v) is 4.12. The topological polar surface area (TPSA) is 102 Å². The minimum Gasteiger partial charge on any atom is -0.494 e. The lowest BCUT2D eigenvalue weighted by Gasteiger charge is -2.21. The van der Waals surface area contributed by atoms with Crippen LogP contribution in [0.15, 0.2) is 30.3 Å². The summed E-state index contributed by atoms with van der Waals surface area (Å²) in [5.74, 6) is -1.23. The monoisotopic (exact) mass is 495 g/mol. The number of imidazole rings is 1. The molecule has 0 amide bonds. The van der Waals surface area contributed by atoms with Crippen LogP contribution in [-0.2, 0) is 16.5 Å². The first-order chi connectivity index (χ1) is 16.9. The van der Waals surface area contributed by atoms with Crippen LogP contribution in [0.2, 0.25) is 0 Å². The summed E-state index contributed by atoms with van der Waals surface area (Å²) in [6, 6.07) is 7.62. The lowest BCUT2D eigenvalue weighted by atomic mass is 10.1. The van der Waals surface area contributed by atoms with Gasteiger partial charge in [0.15, 0.2) is 17.4 Å². The van der Waals surface area contributed by atoms with Gasteiger partial charge in [-0.25, -0.2) is 23.5 Å². The molecule has 0 aliphatic carbocycles. The molecular formula is C26H26FN3O6. The first kappa shape index (κ1) is 24.9. The maximum absolute atomic E-state index is 15.6.